The molecular weight excluding hydrogens is 396 g/mol. The predicted octanol–water partition coefficient (Wildman–Crippen LogP) is 2.97. The van der Waals surface area contributed by atoms with E-state index in [0.717, 1.165) is 11.1 Å². The van der Waals surface area contributed by atoms with Crippen LogP contribution in [0.15, 0.2) is 36.4 Å². The summed E-state index contributed by atoms with van der Waals surface area (Å²) < 4.78 is 16.5. The van der Waals surface area contributed by atoms with Crippen molar-refractivity contribution in [3.63, 3.8) is 0 Å². The molecular formula is C21H21ClN2O5. The van der Waals surface area contributed by atoms with Gasteiger partial charge in [-0.3, -0.25) is 20.4 Å². The first kappa shape index (κ1) is 20.5. The lowest BCUT2D eigenvalue weighted by Crippen LogP contribution is -2.43. The van der Waals surface area contributed by atoms with E-state index in [-0.39, 0.29) is 6.61 Å². The molecule has 1 heterocycles. The van der Waals surface area contributed by atoms with Crippen molar-refractivity contribution >= 4 is 29.5 Å². The highest BCUT2D eigenvalue weighted by molar-refractivity contribution is 6.32. The highest BCUT2D eigenvalue weighted by Gasteiger charge is 2.16. The van der Waals surface area contributed by atoms with E-state index in [9.17, 15) is 9.59 Å². The van der Waals surface area contributed by atoms with Crippen LogP contribution in [-0.4, -0.2) is 31.6 Å². The second-order valence-electron chi connectivity index (χ2n) is 6.41. The van der Waals surface area contributed by atoms with Crippen molar-refractivity contribution in [3.05, 3.63) is 58.1 Å². The van der Waals surface area contributed by atoms with E-state index in [1.165, 1.54) is 6.08 Å². The summed E-state index contributed by atoms with van der Waals surface area (Å²) in [6, 6.07) is 9.10. The number of halogens is 1. The maximum atomic E-state index is 11.9. The summed E-state index contributed by atoms with van der Waals surface area (Å²) in [5.74, 6) is 0.703. The number of benzene rings is 2. The fourth-order valence-electron chi connectivity index (χ4n) is 2.77. The van der Waals surface area contributed by atoms with Gasteiger partial charge in [0.2, 0.25) is 0 Å². The van der Waals surface area contributed by atoms with E-state index in [1.807, 2.05) is 32.0 Å². The summed E-state index contributed by atoms with van der Waals surface area (Å²) in [6.45, 7) is 4.46. The van der Waals surface area contributed by atoms with Crippen molar-refractivity contribution in [2.75, 3.05) is 19.8 Å². The van der Waals surface area contributed by atoms with Crippen LogP contribution in [-0.2, 0) is 9.59 Å². The van der Waals surface area contributed by atoms with Gasteiger partial charge in [0.05, 0.1) is 5.02 Å². The molecule has 1 aliphatic heterocycles. The summed E-state index contributed by atoms with van der Waals surface area (Å²) in [5, 5.41) is 0.402. The Labute approximate surface area is 173 Å². The molecule has 0 radical (unpaired) electrons. The molecule has 0 saturated heterocycles. The lowest BCUT2D eigenvalue weighted by molar-refractivity contribution is -0.128. The molecule has 1 aliphatic rings. The van der Waals surface area contributed by atoms with Gasteiger partial charge >= 0.3 is 0 Å². The van der Waals surface area contributed by atoms with E-state index in [1.54, 1.807) is 18.2 Å². The molecule has 0 fully saturated rings. The third-order valence-corrected chi connectivity index (χ3v) is 4.41. The molecule has 8 heteroatoms. The van der Waals surface area contributed by atoms with Crippen LogP contribution in [0.25, 0.3) is 6.08 Å². The number of rotatable bonds is 5. The second kappa shape index (κ2) is 9.34. The Morgan fingerprint density at radius 3 is 2.62 bits per heavy atom. The van der Waals surface area contributed by atoms with Crippen LogP contribution in [0.2, 0.25) is 5.02 Å². The number of aryl methyl sites for hydroxylation is 2. The van der Waals surface area contributed by atoms with Crippen LogP contribution >= 0.6 is 11.6 Å². The number of ether oxygens (including phenoxy) is 3. The van der Waals surface area contributed by atoms with E-state index >= 15 is 0 Å². The third kappa shape index (κ3) is 5.42. The second-order valence-corrected chi connectivity index (χ2v) is 6.81. The van der Waals surface area contributed by atoms with E-state index < -0.39 is 11.8 Å². The number of para-hydroxylation sites is 1. The number of hydrogen-bond donors (Lipinski definition) is 2. The van der Waals surface area contributed by atoms with Gasteiger partial charge in [-0.25, -0.2) is 0 Å². The lowest BCUT2D eigenvalue weighted by Gasteiger charge is -2.19. The summed E-state index contributed by atoms with van der Waals surface area (Å²) in [5.41, 5.74) is 7.14. The summed E-state index contributed by atoms with van der Waals surface area (Å²) in [6.07, 6.45) is 2.83. The fourth-order valence-corrected chi connectivity index (χ4v) is 3.05. The van der Waals surface area contributed by atoms with Gasteiger partial charge in [-0.15, -0.1) is 0 Å². The van der Waals surface area contributed by atoms with Crippen molar-refractivity contribution in [1.29, 1.82) is 0 Å². The topological polar surface area (TPSA) is 85.9 Å². The SMILES string of the molecule is Cc1cccc(C)c1OCC(=O)NNC(=O)/C=C/c1cc(Cl)c2c(c1)OCCO2. The zero-order valence-corrected chi connectivity index (χ0v) is 16.8. The average molecular weight is 417 g/mol. The molecule has 0 aromatic heterocycles. The number of fused-ring (bicyclic) bond motifs is 1. The van der Waals surface area contributed by atoms with E-state index in [0.29, 0.717) is 41.0 Å². The number of hydrazine groups is 1. The van der Waals surface area contributed by atoms with E-state index in [4.69, 9.17) is 25.8 Å². The molecule has 0 atom stereocenters. The number of amides is 2. The number of nitrogens with one attached hydrogen (secondary N) is 2. The molecule has 0 saturated carbocycles. The van der Waals surface area contributed by atoms with E-state index in [2.05, 4.69) is 10.9 Å². The molecule has 2 N–H and O–H groups in total. The van der Waals surface area contributed by atoms with Crippen molar-refractivity contribution in [3.8, 4) is 17.2 Å². The lowest BCUT2D eigenvalue weighted by atomic mass is 10.1. The fraction of sp³-hybridized carbons (Fsp3) is 0.238. The van der Waals surface area contributed by atoms with Gasteiger partial charge in [0.25, 0.3) is 11.8 Å². The van der Waals surface area contributed by atoms with Gasteiger partial charge < -0.3 is 14.2 Å². The molecule has 3 rings (SSSR count). The van der Waals surface area contributed by atoms with Gasteiger partial charge in [-0.05, 0) is 48.7 Å². The molecule has 0 spiro atoms. The normalized spacial score (nSPS) is 12.5. The highest BCUT2D eigenvalue weighted by Crippen LogP contribution is 2.38. The van der Waals surface area contributed by atoms with Crippen molar-refractivity contribution in [2.45, 2.75) is 13.8 Å². The molecule has 2 aromatic carbocycles. The predicted molar refractivity (Wildman–Crippen MR) is 109 cm³/mol. The minimum absolute atomic E-state index is 0.215. The smallest absolute Gasteiger partial charge is 0.276 e. The van der Waals surface area contributed by atoms with Gasteiger partial charge in [0.1, 0.15) is 19.0 Å². The first-order valence-electron chi connectivity index (χ1n) is 8.99. The standard InChI is InChI=1S/C21H21ClN2O5/c1-13-4-3-5-14(2)20(13)29-12-19(26)24-23-18(25)7-6-15-10-16(22)21-17(11-15)27-8-9-28-21/h3-7,10-11H,8-9,12H2,1-2H3,(H,23,25)(H,24,26)/b7-6+. The largest absolute Gasteiger partial charge is 0.486 e. The molecule has 2 amide bonds. The molecule has 0 unspecified atom stereocenters. The summed E-state index contributed by atoms with van der Waals surface area (Å²) in [7, 11) is 0. The monoisotopic (exact) mass is 416 g/mol. The minimum Gasteiger partial charge on any atom is -0.486 e. The number of hydrogen-bond acceptors (Lipinski definition) is 5. The van der Waals surface area contributed by atoms with Crippen molar-refractivity contribution in [2.24, 2.45) is 0 Å². The molecule has 0 aliphatic carbocycles. The van der Waals surface area contributed by atoms with Crippen LogP contribution in [0, 0.1) is 13.8 Å². The molecule has 7 nitrogen and oxygen atoms in total. The average Bonchev–Trinajstić information content (AvgIpc) is 2.70. The van der Waals surface area contributed by atoms with Crippen molar-refractivity contribution < 1.29 is 23.8 Å². The molecule has 2 aromatic rings. The van der Waals surface area contributed by atoms with Gasteiger partial charge in [0, 0.05) is 6.08 Å². The van der Waals surface area contributed by atoms with Crippen LogP contribution in [0.5, 0.6) is 17.2 Å². The maximum Gasteiger partial charge on any atom is 0.276 e. The first-order chi connectivity index (χ1) is 13.9. The molecule has 152 valence electrons. The van der Waals surface area contributed by atoms with Gasteiger partial charge in [0.15, 0.2) is 18.1 Å². The Morgan fingerprint density at radius 1 is 1.14 bits per heavy atom. The Bertz CT molecular complexity index is 938. The van der Waals surface area contributed by atoms with Crippen LogP contribution in [0.3, 0.4) is 0 Å². The zero-order chi connectivity index (χ0) is 20.8. The maximum absolute atomic E-state index is 11.9. The van der Waals surface area contributed by atoms with Crippen LogP contribution in [0.4, 0.5) is 0 Å². The third-order valence-electron chi connectivity index (χ3n) is 4.13. The van der Waals surface area contributed by atoms with Crippen LogP contribution in [0.1, 0.15) is 16.7 Å². The Balaban J connectivity index is 1.49. The van der Waals surface area contributed by atoms with Crippen LogP contribution < -0.4 is 25.1 Å². The van der Waals surface area contributed by atoms with Crippen molar-refractivity contribution in [1.82, 2.24) is 10.9 Å². The Hall–Kier alpha value is -3.19. The zero-order valence-electron chi connectivity index (χ0n) is 16.1. The number of carbonyl (C=O) groups is 2. The Kier molecular flexibility index (Phi) is 6.61. The molecule has 0 bridgehead atoms. The first-order valence-corrected chi connectivity index (χ1v) is 9.37. The quantitative estimate of drug-likeness (QED) is 0.578. The summed E-state index contributed by atoms with van der Waals surface area (Å²) >= 11 is 6.16. The van der Waals surface area contributed by atoms with Gasteiger partial charge in [-0.1, -0.05) is 29.8 Å². The highest BCUT2D eigenvalue weighted by atomic mass is 35.5. The molecule has 29 heavy (non-hydrogen) atoms. The minimum atomic E-state index is -0.503. The van der Waals surface area contributed by atoms with Gasteiger partial charge in [-0.2, -0.15) is 0 Å². The number of carbonyl (C=O) groups excluding carboxylic acids is 2. The Morgan fingerprint density at radius 2 is 1.86 bits per heavy atom. The summed E-state index contributed by atoms with van der Waals surface area (Å²) in [4.78, 5) is 23.8.